The Balaban J connectivity index is 1.38. The minimum atomic E-state index is -0.228. The zero-order valence-corrected chi connectivity index (χ0v) is 17.9. The molecule has 0 bridgehead atoms. The van der Waals surface area contributed by atoms with E-state index >= 15 is 0 Å². The van der Waals surface area contributed by atoms with Gasteiger partial charge < -0.3 is 9.64 Å². The fourth-order valence-electron chi connectivity index (χ4n) is 4.22. The average Bonchev–Trinajstić information content (AvgIpc) is 3.49. The number of fused-ring (bicyclic) bond motifs is 1. The summed E-state index contributed by atoms with van der Waals surface area (Å²) in [7, 11) is 0. The highest BCUT2D eigenvalue weighted by atomic mass is 32.2. The lowest BCUT2D eigenvalue weighted by Crippen LogP contribution is -2.38. The van der Waals surface area contributed by atoms with Gasteiger partial charge in [0.15, 0.2) is 5.16 Å². The van der Waals surface area contributed by atoms with Crippen molar-refractivity contribution in [3.05, 3.63) is 47.0 Å². The molecule has 0 saturated carbocycles. The first-order valence-electron chi connectivity index (χ1n) is 10.5. The van der Waals surface area contributed by atoms with E-state index in [1.807, 2.05) is 4.68 Å². The number of halogens is 1. The molecular weight excluding hydrogens is 403 g/mol. The van der Waals surface area contributed by atoms with Crippen LogP contribution in [0.1, 0.15) is 30.3 Å². The Bertz CT molecular complexity index is 1030. The van der Waals surface area contributed by atoms with Crippen LogP contribution in [0, 0.1) is 5.82 Å². The molecular formula is C21H25FN6OS. The zero-order chi connectivity index (χ0) is 20.5. The highest BCUT2D eigenvalue weighted by Gasteiger charge is 2.25. The van der Waals surface area contributed by atoms with Crippen LogP contribution in [-0.2, 0) is 29.9 Å². The maximum Gasteiger partial charge on any atom is 0.228 e. The monoisotopic (exact) mass is 428 g/mol. The van der Waals surface area contributed by atoms with Crippen LogP contribution in [0.3, 0.4) is 0 Å². The molecule has 1 saturated heterocycles. The van der Waals surface area contributed by atoms with Gasteiger partial charge in [0.2, 0.25) is 5.95 Å². The molecule has 7 nitrogen and oxygen atoms in total. The van der Waals surface area contributed by atoms with Gasteiger partial charge in [0.25, 0.3) is 0 Å². The topological polar surface area (TPSA) is 61.0 Å². The molecule has 1 aliphatic heterocycles. The molecule has 5 rings (SSSR count). The van der Waals surface area contributed by atoms with Crippen LogP contribution >= 0.6 is 11.8 Å². The number of hydrogen-bond donors (Lipinski definition) is 0. The summed E-state index contributed by atoms with van der Waals surface area (Å²) in [6.45, 7) is 6.09. The number of thioether (sulfide) groups is 1. The summed E-state index contributed by atoms with van der Waals surface area (Å²) in [5.41, 5.74) is 4.60. The van der Waals surface area contributed by atoms with Crippen molar-refractivity contribution in [2.45, 2.75) is 43.6 Å². The number of benzene rings is 1. The van der Waals surface area contributed by atoms with Crippen molar-refractivity contribution in [2.24, 2.45) is 0 Å². The fraction of sp³-hybridized carbons (Fsp3) is 0.476. The molecule has 158 valence electrons. The van der Waals surface area contributed by atoms with Gasteiger partial charge in [0.1, 0.15) is 5.82 Å². The quantitative estimate of drug-likeness (QED) is 0.562. The summed E-state index contributed by atoms with van der Waals surface area (Å²) >= 11 is 1.68. The van der Waals surface area contributed by atoms with Crippen LogP contribution in [0.4, 0.5) is 10.3 Å². The van der Waals surface area contributed by atoms with E-state index in [1.54, 1.807) is 23.9 Å². The van der Waals surface area contributed by atoms with Crippen LogP contribution < -0.4 is 4.90 Å². The molecule has 9 heteroatoms. The number of hydrogen-bond acceptors (Lipinski definition) is 6. The van der Waals surface area contributed by atoms with E-state index in [1.165, 1.54) is 23.4 Å². The van der Waals surface area contributed by atoms with Crippen LogP contribution in [-0.4, -0.2) is 50.8 Å². The van der Waals surface area contributed by atoms with Crippen LogP contribution in [0.2, 0.25) is 0 Å². The first-order valence-corrected chi connectivity index (χ1v) is 11.5. The molecule has 3 aromatic rings. The second-order valence-corrected chi connectivity index (χ2v) is 8.47. The van der Waals surface area contributed by atoms with Crippen LogP contribution in [0.25, 0.3) is 5.69 Å². The van der Waals surface area contributed by atoms with Crippen LogP contribution in [0.15, 0.2) is 29.4 Å². The summed E-state index contributed by atoms with van der Waals surface area (Å²) in [5.74, 6) is 1.44. The van der Waals surface area contributed by atoms with Crippen molar-refractivity contribution in [1.29, 1.82) is 0 Å². The van der Waals surface area contributed by atoms with Gasteiger partial charge in [-0.1, -0.05) is 11.8 Å². The molecule has 30 heavy (non-hydrogen) atoms. The number of ether oxygens (including phenoxy) is 1. The standard InChI is InChI=1S/C21H25FN6OS/c1-2-27-20(26-10-12-29-13-11-26)23-24-21(27)30-14-18-17-4-3-5-19(17)28(25-18)16-8-6-15(22)7-9-16/h6-9H,2-5,10-14H2,1H3. The second kappa shape index (κ2) is 8.39. The van der Waals surface area contributed by atoms with E-state index in [0.717, 1.165) is 80.3 Å². The van der Waals surface area contributed by atoms with Gasteiger partial charge >= 0.3 is 0 Å². The SMILES string of the molecule is CCn1c(SCc2nn(-c3ccc(F)cc3)c3c2CCC3)nnc1N1CCOCC1. The van der Waals surface area contributed by atoms with Crippen molar-refractivity contribution in [3.8, 4) is 5.69 Å². The second-order valence-electron chi connectivity index (χ2n) is 7.53. The van der Waals surface area contributed by atoms with Gasteiger partial charge in [-0.15, -0.1) is 10.2 Å². The molecule has 1 aliphatic carbocycles. The fourth-order valence-corrected chi connectivity index (χ4v) is 5.18. The van der Waals surface area contributed by atoms with Gasteiger partial charge in [-0.2, -0.15) is 5.10 Å². The predicted molar refractivity (Wildman–Crippen MR) is 114 cm³/mol. The number of aromatic nitrogens is 5. The highest BCUT2D eigenvalue weighted by Crippen LogP contribution is 2.32. The van der Waals surface area contributed by atoms with Crippen molar-refractivity contribution >= 4 is 17.7 Å². The van der Waals surface area contributed by atoms with Gasteiger partial charge in [0.05, 0.1) is 24.6 Å². The van der Waals surface area contributed by atoms with Gasteiger partial charge in [-0.3, -0.25) is 4.57 Å². The van der Waals surface area contributed by atoms with Crippen molar-refractivity contribution in [1.82, 2.24) is 24.5 Å². The Kier molecular flexibility index (Phi) is 5.47. The Labute approximate surface area is 179 Å². The van der Waals surface area contributed by atoms with E-state index < -0.39 is 0 Å². The molecule has 0 radical (unpaired) electrons. The summed E-state index contributed by atoms with van der Waals surface area (Å²) in [5, 5.41) is 14.7. The molecule has 2 aromatic heterocycles. The molecule has 3 heterocycles. The molecule has 0 spiro atoms. The van der Waals surface area contributed by atoms with Crippen LogP contribution in [0.5, 0.6) is 0 Å². The third-order valence-electron chi connectivity index (χ3n) is 5.73. The Morgan fingerprint density at radius 2 is 1.90 bits per heavy atom. The summed E-state index contributed by atoms with van der Waals surface area (Å²) in [6, 6.07) is 6.56. The van der Waals surface area contributed by atoms with Crippen molar-refractivity contribution < 1.29 is 9.13 Å². The first-order chi connectivity index (χ1) is 14.7. The largest absolute Gasteiger partial charge is 0.378 e. The molecule has 0 amide bonds. The lowest BCUT2D eigenvalue weighted by atomic mass is 10.2. The normalized spacial score (nSPS) is 16.3. The summed E-state index contributed by atoms with van der Waals surface area (Å²) in [4.78, 5) is 2.24. The molecule has 1 aromatic carbocycles. The minimum Gasteiger partial charge on any atom is -0.378 e. The van der Waals surface area contributed by atoms with E-state index in [0.29, 0.717) is 0 Å². The summed E-state index contributed by atoms with van der Waals surface area (Å²) in [6.07, 6.45) is 3.20. The van der Waals surface area contributed by atoms with Gasteiger partial charge in [-0.05, 0) is 56.0 Å². The number of morpholine rings is 1. The average molecular weight is 429 g/mol. The molecule has 0 N–H and O–H groups in total. The third kappa shape index (κ3) is 3.60. The van der Waals surface area contributed by atoms with E-state index in [9.17, 15) is 4.39 Å². The van der Waals surface area contributed by atoms with E-state index in [4.69, 9.17) is 9.84 Å². The highest BCUT2D eigenvalue weighted by molar-refractivity contribution is 7.98. The molecule has 1 fully saturated rings. The summed E-state index contributed by atoms with van der Waals surface area (Å²) < 4.78 is 23.0. The third-order valence-corrected chi connectivity index (χ3v) is 6.71. The number of rotatable bonds is 6. The first kappa shape index (κ1) is 19.6. The lowest BCUT2D eigenvalue weighted by Gasteiger charge is -2.27. The van der Waals surface area contributed by atoms with Gasteiger partial charge in [-0.25, -0.2) is 9.07 Å². The molecule has 0 unspecified atom stereocenters. The maximum atomic E-state index is 13.3. The predicted octanol–water partition coefficient (Wildman–Crippen LogP) is 3.24. The zero-order valence-electron chi connectivity index (χ0n) is 17.1. The number of nitrogens with zero attached hydrogens (tertiary/aromatic N) is 6. The Morgan fingerprint density at radius 1 is 1.10 bits per heavy atom. The van der Waals surface area contributed by atoms with Gasteiger partial charge in [0, 0.05) is 31.1 Å². The Hall–Kier alpha value is -2.39. The van der Waals surface area contributed by atoms with E-state index in [-0.39, 0.29) is 5.82 Å². The molecule has 0 atom stereocenters. The maximum absolute atomic E-state index is 13.3. The number of anilines is 1. The van der Waals surface area contributed by atoms with Crippen molar-refractivity contribution in [3.63, 3.8) is 0 Å². The smallest absolute Gasteiger partial charge is 0.228 e. The molecule has 2 aliphatic rings. The Morgan fingerprint density at radius 3 is 2.67 bits per heavy atom. The minimum absolute atomic E-state index is 0.228. The van der Waals surface area contributed by atoms with Crippen molar-refractivity contribution in [2.75, 3.05) is 31.2 Å². The lowest BCUT2D eigenvalue weighted by molar-refractivity contribution is 0.121. The van der Waals surface area contributed by atoms with E-state index in [2.05, 4.69) is 26.6 Å².